The fraction of sp³-hybridized carbons (Fsp3) is 0.267. The van der Waals surface area contributed by atoms with Gasteiger partial charge in [-0.1, -0.05) is 26.0 Å². The number of anilines is 1. The quantitative estimate of drug-likeness (QED) is 0.236. The number of β-lactam (4-membered cyclic amide) rings is 1. The first-order chi connectivity index (χ1) is 19.5. The number of ether oxygens (including phenoxy) is 1. The van der Waals surface area contributed by atoms with E-state index in [4.69, 9.17) is 4.74 Å². The Morgan fingerprint density at radius 1 is 0.951 bits per heavy atom. The predicted molar refractivity (Wildman–Crippen MR) is 150 cm³/mol. The Morgan fingerprint density at radius 3 is 2.10 bits per heavy atom. The van der Waals surface area contributed by atoms with Crippen molar-refractivity contribution in [2.45, 2.75) is 31.2 Å². The SMILES string of the molecule is CC(C)[C@H](NC(=O)COc1ccc(C2C(SCC(=O)c3ccc(F)cc3)C(=O)N2c2ccc(F)cc2)cc1)C(=O)O. The molecule has 0 saturated carbocycles. The Morgan fingerprint density at radius 2 is 1.54 bits per heavy atom. The smallest absolute Gasteiger partial charge is 0.326 e. The number of carboxylic acids is 1. The van der Waals surface area contributed by atoms with Crippen LogP contribution in [0.5, 0.6) is 5.75 Å². The van der Waals surface area contributed by atoms with Crippen LogP contribution in [0.25, 0.3) is 0 Å². The van der Waals surface area contributed by atoms with Gasteiger partial charge in [-0.3, -0.25) is 14.4 Å². The molecule has 0 radical (unpaired) electrons. The Balaban J connectivity index is 1.46. The van der Waals surface area contributed by atoms with E-state index in [-0.39, 0.29) is 30.0 Å². The van der Waals surface area contributed by atoms with Gasteiger partial charge >= 0.3 is 5.97 Å². The second-order valence-electron chi connectivity index (χ2n) is 9.78. The number of amides is 2. The highest BCUT2D eigenvalue weighted by molar-refractivity contribution is 8.01. The fourth-order valence-corrected chi connectivity index (χ4v) is 5.58. The highest BCUT2D eigenvalue weighted by Crippen LogP contribution is 2.45. The summed E-state index contributed by atoms with van der Waals surface area (Å²) in [5.74, 6) is -3.04. The zero-order valence-corrected chi connectivity index (χ0v) is 23.1. The molecule has 0 aromatic heterocycles. The summed E-state index contributed by atoms with van der Waals surface area (Å²) >= 11 is 1.17. The van der Waals surface area contributed by atoms with Gasteiger partial charge in [0, 0.05) is 11.3 Å². The molecular weight excluding hydrogens is 554 g/mol. The molecule has 8 nitrogen and oxygen atoms in total. The second-order valence-corrected chi connectivity index (χ2v) is 10.9. The first-order valence-electron chi connectivity index (χ1n) is 12.8. The third kappa shape index (κ3) is 7.10. The van der Waals surface area contributed by atoms with Crippen LogP contribution in [0.1, 0.15) is 35.8 Å². The summed E-state index contributed by atoms with van der Waals surface area (Å²) in [6.07, 6.45) is 0. The average Bonchev–Trinajstić information content (AvgIpc) is 2.94. The lowest BCUT2D eigenvalue weighted by atomic mass is 9.92. The van der Waals surface area contributed by atoms with Crippen molar-refractivity contribution in [2.24, 2.45) is 5.92 Å². The second kappa shape index (κ2) is 12.9. The standard InChI is InChI=1S/C30H28F2N2O6S/c1-17(2)26(30(38)39)33-25(36)15-40-23-13-5-19(6-14-23)27-28(29(37)34(27)22-11-9-21(32)10-12-22)41-16-24(35)18-3-7-20(31)8-4-18/h3-14,17,26-28H,15-16H2,1-2H3,(H,33,36)(H,38,39)/t26-,27?,28?/m0/s1. The zero-order valence-electron chi connectivity index (χ0n) is 22.3. The maximum atomic E-state index is 13.5. The van der Waals surface area contributed by atoms with E-state index in [1.54, 1.807) is 38.1 Å². The summed E-state index contributed by atoms with van der Waals surface area (Å²) in [6.45, 7) is 2.98. The molecule has 1 aliphatic heterocycles. The van der Waals surface area contributed by atoms with Gasteiger partial charge in [0.1, 0.15) is 28.7 Å². The number of hydrogen-bond donors (Lipinski definition) is 2. The van der Waals surface area contributed by atoms with Crippen LogP contribution in [0.2, 0.25) is 0 Å². The molecule has 11 heteroatoms. The largest absolute Gasteiger partial charge is 0.484 e. The molecule has 0 spiro atoms. The van der Waals surface area contributed by atoms with Crippen LogP contribution in [-0.4, -0.2) is 52.3 Å². The monoisotopic (exact) mass is 582 g/mol. The number of Topliss-reactive ketones (excluding diaryl/α,β-unsaturated/α-hetero) is 1. The molecule has 2 N–H and O–H groups in total. The number of nitrogens with zero attached hydrogens (tertiary/aromatic N) is 1. The lowest BCUT2D eigenvalue weighted by Gasteiger charge is -2.47. The van der Waals surface area contributed by atoms with Gasteiger partial charge in [0.15, 0.2) is 12.4 Å². The van der Waals surface area contributed by atoms with E-state index in [1.807, 2.05) is 0 Å². The maximum Gasteiger partial charge on any atom is 0.326 e. The summed E-state index contributed by atoms with van der Waals surface area (Å²) in [5.41, 5.74) is 1.56. The van der Waals surface area contributed by atoms with E-state index in [1.165, 1.54) is 65.2 Å². The maximum absolute atomic E-state index is 13.5. The van der Waals surface area contributed by atoms with Crippen molar-refractivity contribution >= 4 is 41.0 Å². The number of carbonyl (C=O) groups is 4. The fourth-order valence-electron chi connectivity index (χ4n) is 4.36. The molecule has 2 amide bonds. The van der Waals surface area contributed by atoms with Crippen LogP contribution in [0, 0.1) is 17.6 Å². The van der Waals surface area contributed by atoms with Crippen LogP contribution in [0.15, 0.2) is 72.8 Å². The first kappa shape index (κ1) is 29.7. The summed E-state index contributed by atoms with van der Waals surface area (Å²) in [6, 6.07) is 15.9. The van der Waals surface area contributed by atoms with Crippen molar-refractivity contribution in [3.05, 3.63) is 95.6 Å². The number of carbonyl (C=O) groups excluding carboxylic acids is 3. The van der Waals surface area contributed by atoms with E-state index in [0.717, 1.165) is 5.56 Å². The molecule has 0 bridgehead atoms. The number of hydrogen-bond acceptors (Lipinski definition) is 6. The van der Waals surface area contributed by atoms with Gasteiger partial charge in [-0.2, -0.15) is 0 Å². The molecule has 1 saturated heterocycles. The van der Waals surface area contributed by atoms with Gasteiger partial charge < -0.3 is 20.1 Å². The van der Waals surface area contributed by atoms with Gasteiger partial charge in [0.05, 0.1) is 11.8 Å². The molecule has 3 atom stereocenters. The van der Waals surface area contributed by atoms with Gasteiger partial charge in [-0.25, -0.2) is 13.6 Å². The third-order valence-corrected chi connectivity index (χ3v) is 7.80. The first-order valence-corrected chi connectivity index (χ1v) is 13.8. The number of halogens is 2. The molecule has 1 fully saturated rings. The van der Waals surface area contributed by atoms with Gasteiger partial charge in [-0.05, 0) is 72.1 Å². The lowest BCUT2D eigenvalue weighted by Crippen LogP contribution is -2.57. The molecule has 41 heavy (non-hydrogen) atoms. The molecule has 3 aromatic rings. The number of nitrogens with one attached hydrogen (secondary N) is 1. The van der Waals surface area contributed by atoms with Crippen LogP contribution in [0.3, 0.4) is 0 Å². The van der Waals surface area contributed by atoms with E-state index < -0.39 is 40.8 Å². The minimum atomic E-state index is -1.13. The Bertz CT molecular complexity index is 1410. The summed E-state index contributed by atoms with van der Waals surface area (Å²) < 4.78 is 32.3. The average molecular weight is 583 g/mol. The molecule has 214 valence electrons. The predicted octanol–water partition coefficient (Wildman–Crippen LogP) is 4.64. The van der Waals surface area contributed by atoms with E-state index in [0.29, 0.717) is 17.0 Å². The van der Waals surface area contributed by atoms with Crippen molar-refractivity contribution in [3.8, 4) is 5.75 Å². The molecule has 3 aromatic carbocycles. The number of rotatable bonds is 12. The summed E-state index contributed by atoms with van der Waals surface area (Å²) in [7, 11) is 0. The summed E-state index contributed by atoms with van der Waals surface area (Å²) in [5, 5.41) is 11.1. The van der Waals surface area contributed by atoms with Crippen molar-refractivity contribution < 1.29 is 37.8 Å². The van der Waals surface area contributed by atoms with Gasteiger partial charge in [0.2, 0.25) is 5.91 Å². The Labute approximate surface area is 239 Å². The minimum Gasteiger partial charge on any atom is -0.484 e. The minimum absolute atomic E-state index is 0.000181. The third-order valence-electron chi connectivity index (χ3n) is 6.55. The van der Waals surface area contributed by atoms with Gasteiger partial charge in [-0.15, -0.1) is 11.8 Å². The highest BCUT2D eigenvalue weighted by atomic mass is 32.2. The lowest BCUT2D eigenvalue weighted by molar-refractivity contribution is -0.143. The molecule has 1 heterocycles. The van der Waals surface area contributed by atoms with Crippen molar-refractivity contribution in [2.75, 3.05) is 17.3 Å². The van der Waals surface area contributed by atoms with Crippen LogP contribution >= 0.6 is 11.8 Å². The van der Waals surface area contributed by atoms with E-state index in [2.05, 4.69) is 5.32 Å². The number of aliphatic carboxylic acids is 1. The van der Waals surface area contributed by atoms with E-state index in [9.17, 15) is 33.1 Å². The normalized spacial score (nSPS) is 17.1. The Hall–Kier alpha value is -4.25. The molecule has 1 aliphatic rings. The van der Waals surface area contributed by atoms with Crippen LogP contribution < -0.4 is 15.0 Å². The molecule has 2 unspecified atom stereocenters. The number of carboxylic acid groups (broad SMARTS) is 1. The molecular formula is C30H28F2N2O6S. The molecule has 4 rings (SSSR count). The van der Waals surface area contributed by atoms with Crippen LogP contribution in [-0.2, 0) is 14.4 Å². The van der Waals surface area contributed by atoms with Crippen molar-refractivity contribution in [1.29, 1.82) is 0 Å². The number of ketones is 1. The molecule has 0 aliphatic carbocycles. The number of benzene rings is 3. The Kier molecular flexibility index (Phi) is 9.38. The van der Waals surface area contributed by atoms with Crippen molar-refractivity contribution in [3.63, 3.8) is 0 Å². The van der Waals surface area contributed by atoms with Crippen molar-refractivity contribution in [1.82, 2.24) is 5.32 Å². The zero-order chi connectivity index (χ0) is 29.7. The summed E-state index contributed by atoms with van der Waals surface area (Å²) in [4.78, 5) is 50.9. The van der Waals surface area contributed by atoms with Gasteiger partial charge in [0.25, 0.3) is 5.91 Å². The number of thioether (sulfide) groups is 1. The highest BCUT2D eigenvalue weighted by Gasteiger charge is 2.49. The topological polar surface area (TPSA) is 113 Å². The van der Waals surface area contributed by atoms with E-state index >= 15 is 0 Å². The van der Waals surface area contributed by atoms with Crippen LogP contribution in [0.4, 0.5) is 14.5 Å².